The van der Waals surface area contributed by atoms with Crippen LogP contribution in [0.3, 0.4) is 0 Å². The largest absolute Gasteiger partial charge is 0.521 e. The minimum atomic E-state index is -1.03. The Kier molecular flexibility index (Phi) is 8.47. The zero-order chi connectivity index (χ0) is 25.2. The standard InChI is InChI=1S/C18H14BBrCl2N2O4.C5H13N/c1-19(25)28-18-13-8-27-15-7-16(26-2)14(20)6-12(15)17(13)24(23-18)11-4-9(21)3-10(22)5-11;1-5(2,3)6-4/h3-7,25H,8H2,1-2H3;6H,1-4H3. The van der Waals surface area contributed by atoms with Crippen LogP contribution in [0.5, 0.6) is 17.4 Å². The zero-order valence-electron chi connectivity index (χ0n) is 19.9. The molecule has 182 valence electrons. The highest BCUT2D eigenvalue weighted by Gasteiger charge is 2.30. The third-order valence-electron chi connectivity index (χ3n) is 4.95. The second-order valence-electron chi connectivity index (χ2n) is 8.66. The van der Waals surface area contributed by atoms with Crippen molar-refractivity contribution in [2.45, 2.75) is 39.7 Å². The fourth-order valence-corrected chi connectivity index (χ4v) is 4.11. The van der Waals surface area contributed by atoms with Gasteiger partial charge in [0, 0.05) is 27.2 Å². The number of benzene rings is 2. The van der Waals surface area contributed by atoms with Crippen LogP contribution >= 0.6 is 39.1 Å². The van der Waals surface area contributed by atoms with E-state index in [0.717, 1.165) is 15.7 Å². The van der Waals surface area contributed by atoms with Gasteiger partial charge in [-0.25, -0.2) is 4.68 Å². The number of nitrogens with zero attached hydrogens (tertiary/aromatic N) is 2. The molecule has 0 radical (unpaired) electrons. The molecule has 34 heavy (non-hydrogen) atoms. The first-order valence-electron chi connectivity index (χ1n) is 10.6. The average Bonchev–Trinajstić information content (AvgIpc) is 3.11. The molecule has 0 spiro atoms. The number of hydrogen-bond donors (Lipinski definition) is 2. The third kappa shape index (κ3) is 6.20. The molecule has 0 atom stereocenters. The Morgan fingerprint density at radius 3 is 2.32 bits per heavy atom. The smallest absolute Gasteiger partial charge is 0.520 e. The molecular weight excluding hydrogens is 544 g/mol. The zero-order valence-corrected chi connectivity index (χ0v) is 23.0. The number of ether oxygens (including phenoxy) is 2. The van der Waals surface area contributed by atoms with Crippen molar-refractivity contribution >= 4 is 46.3 Å². The number of hydrogen-bond acceptors (Lipinski definition) is 6. The molecule has 1 aromatic heterocycles. The van der Waals surface area contributed by atoms with Crippen LogP contribution in [-0.4, -0.2) is 41.6 Å². The maximum absolute atomic E-state index is 9.70. The molecular formula is C23H27BBrCl2N3O4. The molecule has 1 aliphatic heterocycles. The highest BCUT2D eigenvalue weighted by Crippen LogP contribution is 2.46. The SMILES string of the molecule is CNC(C)(C)C.COc1cc2c(cc1Br)-c1c(c(OB(C)O)nn1-c1cc(Cl)cc(Cl)c1)CO2. The van der Waals surface area contributed by atoms with Gasteiger partial charge in [0.25, 0.3) is 0 Å². The van der Waals surface area contributed by atoms with Crippen LogP contribution in [0.1, 0.15) is 26.3 Å². The van der Waals surface area contributed by atoms with Crippen molar-refractivity contribution < 1.29 is 19.2 Å². The minimum Gasteiger partial charge on any atom is -0.521 e. The molecule has 2 N–H and O–H groups in total. The van der Waals surface area contributed by atoms with E-state index in [1.807, 2.05) is 13.1 Å². The lowest BCUT2D eigenvalue weighted by Gasteiger charge is -2.21. The Hall–Kier alpha value is -1.91. The third-order valence-corrected chi connectivity index (χ3v) is 6.01. The fraction of sp³-hybridized carbons (Fsp3) is 0.348. The number of aromatic nitrogens is 2. The summed E-state index contributed by atoms with van der Waals surface area (Å²) in [5, 5.41) is 18.3. The van der Waals surface area contributed by atoms with Crippen molar-refractivity contribution in [2.75, 3.05) is 14.2 Å². The van der Waals surface area contributed by atoms with E-state index in [1.165, 1.54) is 6.82 Å². The van der Waals surface area contributed by atoms with Crippen LogP contribution in [0.25, 0.3) is 16.9 Å². The lowest BCUT2D eigenvalue weighted by atomic mass is 9.96. The Bertz CT molecular complexity index is 1160. The highest BCUT2D eigenvalue weighted by atomic mass is 79.9. The molecule has 0 aliphatic carbocycles. The molecule has 7 nitrogen and oxygen atoms in total. The normalized spacial score (nSPS) is 12.1. The van der Waals surface area contributed by atoms with Gasteiger partial charge in [-0.1, -0.05) is 23.2 Å². The molecule has 0 amide bonds. The van der Waals surface area contributed by atoms with Crippen molar-refractivity contribution in [1.82, 2.24) is 15.1 Å². The van der Waals surface area contributed by atoms with E-state index in [1.54, 1.807) is 36.1 Å². The van der Waals surface area contributed by atoms with Crippen LogP contribution in [0.2, 0.25) is 16.9 Å². The van der Waals surface area contributed by atoms with Crippen molar-refractivity contribution in [1.29, 1.82) is 0 Å². The Balaban J connectivity index is 0.000000481. The molecule has 0 bridgehead atoms. The van der Waals surface area contributed by atoms with Crippen LogP contribution < -0.4 is 19.4 Å². The van der Waals surface area contributed by atoms with Gasteiger partial charge in [0.15, 0.2) is 0 Å². The number of fused-ring (bicyclic) bond motifs is 3. The summed E-state index contributed by atoms with van der Waals surface area (Å²) in [5.41, 5.74) is 3.21. The van der Waals surface area contributed by atoms with Crippen LogP contribution in [0.4, 0.5) is 0 Å². The van der Waals surface area contributed by atoms with Gasteiger partial charge in [-0.05, 0) is 74.8 Å². The van der Waals surface area contributed by atoms with Gasteiger partial charge in [0.2, 0.25) is 5.88 Å². The lowest BCUT2D eigenvalue weighted by Crippen LogP contribution is -2.31. The Morgan fingerprint density at radius 1 is 1.18 bits per heavy atom. The Labute approximate surface area is 218 Å². The molecule has 3 aromatic rings. The number of nitrogens with one attached hydrogen (secondary N) is 1. The van der Waals surface area contributed by atoms with E-state index < -0.39 is 7.12 Å². The molecule has 11 heteroatoms. The summed E-state index contributed by atoms with van der Waals surface area (Å²) < 4.78 is 19.2. The van der Waals surface area contributed by atoms with E-state index in [4.69, 9.17) is 37.3 Å². The molecule has 0 saturated heterocycles. The average molecular weight is 571 g/mol. The van der Waals surface area contributed by atoms with Crippen LogP contribution in [-0.2, 0) is 6.61 Å². The fourth-order valence-electron chi connectivity index (χ4n) is 3.09. The molecule has 1 aliphatic rings. The summed E-state index contributed by atoms with van der Waals surface area (Å²) in [7, 11) is 2.52. The van der Waals surface area contributed by atoms with Crippen LogP contribution in [0, 0.1) is 0 Å². The summed E-state index contributed by atoms with van der Waals surface area (Å²) in [6.07, 6.45) is 0. The summed E-state index contributed by atoms with van der Waals surface area (Å²) in [6.45, 7) is 8.14. The molecule has 0 fully saturated rings. The summed E-state index contributed by atoms with van der Waals surface area (Å²) in [6, 6.07) is 8.85. The quantitative estimate of drug-likeness (QED) is 0.375. The first kappa shape index (κ1) is 26.7. The van der Waals surface area contributed by atoms with E-state index in [0.29, 0.717) is 38.3 Å². The molecule has 2 aromatic carbocycles. The number of halogens is 3. The van der Waals surface area contributed by atoms with Crippen molar-refractivity contribution in [3.8, 4) is 34.3 Å². The number of methoxy groups -OCH3 is 1. The molecule has 2 heterocycles. The number of rotatable bonds is 4. The highest BCUT2D eigenvalue weighted by molar-refractivity contribution is 9.10. The molecule has 0 saturated carbocycles. The molecule has 0 unspecified atom stereocenters. The second-order valence-corrected chi connectivity index (χ2v) is 10.4. The topological polar surface area (TPSA) is 77.8 Å². The summed E-state index contributed by atoms with van der Waals surface area (Å²) in [5.74, 6) is 1.57. The van der Waals surface area contributed by atoms with E-state index in [9.17, 15) is 5.02 Å². The van der Waals surface area contributed by atoms with Gasteiger partial charge in [-0.15, -0.1) is 5.10 Å². The maximum atomic E-state index is 9.70. The predicted molar refractivity (Wildman–Crippen MR) is 141 cm³/mol. The summed E-state index contributed by atoms with van der Waals surface area (Å²) >= 11 is 15.9. The lowest BCUT2D eigenvalue weighted by molar-refractivity contribution is 0.294. The van der Waals surface area contributed by atoms with E-state index in [2.05, 4.69) is 47.1 Å². The maximum Gasteiger partial charge on any atom is 0.520 e. The van der Waals surface area contributed by atoms with Gasteiger partial charge in [0.1, 0.15) is 18.1 Å². The van der Waals surface area contributed by atoms with Gasteiger partial charge in [0.05, 0.1) is 28.5 Å². The minimum absolute atomic E-state index is 0.226. The van der Waals surface area contributed by atoms with Crippen LogP contribution in [0.15, 0.2) is 34.8 Å². The first-order chi connectivity index (χ1) is 15.9. The first-order valence-corrected chi connectivity index (χ1v) is 12.1. The van der Waals surface area contributed by atoms with Crippen molar-refractivity contribution in [3.63, 3.8) is 0 Å². The monoisotopic (exact) mass is 569 g/mol. The van der Waals surface area contributed by atoms with Gasteiger partial charge >= 0.3 is 7.12 Å². The molecule has 4 rings (SSSR count). The summed E-state index contributed by atoms with van der Waals surface area (Å²) in [4.78, 5) is 0. The van der Waals surface area contributed by atoms with Crippen molar-refractivity contribution in [2.24, 2.45) is 0 Å². The van der Waals surface area contributed by atoms with E-state index in [-0.39, 0.29) is 12.5 Å². The Morgan fingerprint density at radius 2 is 1.79 bits per heavy atom. The van der Waals surface area contributed by atoms with Gasteiger partial charge in [-0.3, -0.25) is 0 Å². The van der Waals surface area contributed by atoms with Gasteiger partial charge in [-0.2, -0.15) is 0 Å². The second kappa shape index (κ2) is 10.8. The van der Waals surface area contributed by atoms with Crippen molar-refractivity contribution in [3.05, 3.63) is 50.4 Å². The predicted octanol–water partition coefficient (Wildman–Crippen LogP) is 6.00. The van der Waals surface area contributed by atoms with E-state index >= 15 is 0 Å². The van der Waals surface area contributed by atoms with Gasteiger partial charge < -0.3 is 24.5 Å².